The summed E-state index contributed by atoms with van der Waals surface area (Å²) in [5, 5.41) is 3.19. The number of nitrogens with zero attached hydrogens (tertiary/aromatic N) is 2. The van der Waals surface area contributed by atoms with Crippen LogP contribution in [-0.4, -0.2) is 42.7 Å². The highest BCUT2D eigenvalue weighted by Gasteiger charge is 2.05. The highest BCUT2D eigenvalue weighted by atomic mass is 35.5. The van der Waals surface area contributed by atoms with Crippen LogP contribution in [0.5, 0.6) is 5.88 Å². The van der Waals surface area contributed by atoms with Gasteiger partial charge in [0.1, 0.15) is 11.6 Å². The minimum Gasteiger partial charge on any atom is -0.481 e. The fourth-order valence-corrected chi connectivity index (χ4v) is 1.59. The van der Waals surface area contributed by atoms with E-state index in [-0.39, 0.29) is 5.38 Å². The molecule has 6 heteroatoms. The molecule has 96 valence electrons. The maximum absolute atomic E-state index is 6.01. The molecule has 0 saturated heterocycles. The van der Waals surface area contributed by atoms with Crippen LogP contribution in [0.15, 0.2) is 6.07 Å². The number of hydrogen-bond acceptors (Lipinski definition) is 5. The standard InChI is InChI=1S/C11H18ClN3O2/c1-8-14-10(6-11(15-8)17-3)13-5-4-9(12)7-16-2/h6,9H,4-5,7H2,1-3H3,(H,13,14,15). The Morgan fingerprint density at radius 2 is 2.18 bits per heavy atom. The van der Waals surface area contributed by atoms with Gasteiger partial charge in [0, 0.05) is 19.7 Å². The molecule has 1 unspecified atom stereocenters. The van der Waals surface area contributed by atoms with Crippen LogP contribution in [-0.2, 0) is 4.74 Å². The molecule has 0 spiro atoms. The molecule has 1 atom stereocenters. The van der Waals surface area contributed by atoms with Gasteiger partial charge in [-0.05, 0) is 13.3 Å². The van der Waals surface area contributed by atoms with Gasteiger partial charge in [0.2, 0.25) is 5.88 Å². The van der Waals surface area contributed by atoms with Crippen molar-refractivity contribution in [2.24, 2.45) is 0 Å². The molecule has 1 rings (SSSR count). The van der Waals surface area contributed by atoms with Crippen LogP contribution in [0, 0.1) is 6.92 Å². The Balaban J connectivity index is 2.43. The average molecular weight is 260 g/mol. The van der Waals surface area contributed by atoms with E-state index in [1.807, 2.05) is 6.92 Å². The maximum Gasteiger partial charge on any atom is 0.218 e. The first kappa shape index (κ1) is 14.0. The van der Waals surface area contributed by atoms with Gasteiger partial charge < -0.3 is 14.8 Å². The Hall–Kier alpha value is -1.07. The van der Waals surface area contributed by atoms with Crippen LogP contribution in [0.25, 0.3) is 0 Å². The number of halogens is 1. The molecule has 5 nitrogen and oxygen atoms in total. The Bertz CT molecular complexity index is 349. The zero-order valence-corrected chi connectivity index (χ0v) is 11.1. The van der Waals surface area contributed by atoms with Crippen molar-refractivity contribution in [1.29, 1.82) is 0 Å². The summed E-state index contributed by atoms with van der Waals surface area (Å²) in [6.45, 7) is 3.11. The molecule has 1 aromatic rings. The highest BCUT2D eigenvalue weighted by Crippen LogP contribution is 2.13. The molecule has 0 saturated carbocycles. The van der Waals surface area contributed by atoms with E-state index in [0.717, 1.165) is 18.8 Å². The molecule has 0 fully saturated rings. The topological polar surface area (TPSA) is 56.3 Å². The SMILES string of the molecule is COCC(Cl)CCNc1cc(OC)nc(C)n1. The fraction of sp³-hybridized carbons (Fsp3) is 0.636. The summed E-state index contributed by atoms with van der Waals surface area (Å²) in [4.78, 5) is 8.35. The molecule has 1 heterocycles. The fourth-order valence-electron chi connectivity index (χ4n) is 1.36. The lowest BCUT2D eigenvalue weighted by Gasteiger charge is -2.10. The van der Waals surface area contributed by atoms with Crippen LogP contribution in [0.1, 0.15) is 12.2 Å². The summed E-state index contributed by atoms with van der Waals surface area (Å²) in [6.07, 6.45) is 0.806. The van der Waals surface area contributed by atoms with E-state index in [0.29, 0.717) is 18.3 Å². The van der Waals surface area contributed by atoms with Crippen molar-refractivity contribution in [3.8, 4) is 5.88 Å². The predicted molar refractivity (Wildman–Crippen MR) is 67.9 cm³/mol. The molecule has 1 aromatic heterocycles. The summed E-state index contributed by atoms with van der Waals surface area (Å²) in [7, 11) is 3.22. The average Bonchev–Trinajstić information content (AvgIpc) is 2.28. The van der Waals surface area contributed by atoms with E-state index in [2.05, 4.69) is 15.3 Å². The number of anilines is 1. The number of rotatable bonds is 7. The second kappa shape index (κ2) is 7.29. The van der Waals surface area contributed by atoms with E-state index in [4.69, 9.17) is 21.1 Å². The number of alkyl halides is 1. The Morgan fingerprint density at radius 1 is 1.41 bits per heavy atom. The second-order valence-electron chi connectivity index (χ2n) is 3.61. The molecule has 17 heavy (non-hydrogen) atoms. The first-order valence-corrected chi connectivity index (χ1v) is 5.86. The molecule has 0 amide bonds. The van der Waals surface area contributed by atoms with Crippen molar-refractivity contribution in [2.45, 2.75) is 18.7 Å². The molecular weight excluding hydrogens is 242 g/mol. The molecule has 0 aromatic carbocycles. The molecular formula is C11H18ClN3O2. The van der Waals surface area contributed by atoms with Crippen molar-refractivity contribution in [3.63, 3.8) is 0 Å². The van der Waals surface area contributed by atoms with Gasteiger partial charge in [-0.2, -0.15) is 4.98 Å². The molecule has 0 radical (unpaired) electrons. The first-order chi connectivity index (χ1) is 8.15. The lowest BCUT2D eigenvalue weighted by Crippen LogP contribution is -2.14. The van der Waals surface area contributed by atoms with Gasteiger partial charge >= 0.3 is 0 Å². The number of aromatic nitrogens is 2. The van der Waals surface area contributed by atoms with E-state index >= 15 is 0 Å². The Labute approximate surface area is 107 Å². The lowest BCUT2D eigenvalue weighted by atomic mass is 10.3. The van der Waals surface area contributed by atoms with E-state index in [1.54, 1.807) is 20.3 Å². The van der Waals surface area contributed by atoms with E-state index < -0.39 is 0 Å². The smallest absolute Gasteiger partial charge is 0.218 e. The molecule has 0 aliphatic rings. The number of methoxy groups -OCH3 is 2. The first-order valence-electron chi connectivity index (χ1n) is 5.42. The van der Waals surface area contributed by atoms with Crippen molar-refractivity contribution in [2.75, 3.05) is 32.7 Å². The quantitative estimate of drug-likeness (QED) is 0.758. The Kier molecular flexibility index (Phi) is 6.00. The normalized spacial score (nSPS) is 12.2. The van der Waals surface area contributed by atoms with E-state index in [1.165, 1.54) is 0 Å². The van der Waals surface area contributed by atoms with Gasteiger partial charge in [-0.15, -0.1) is 11.6 Å². The van der Waals surface area contributed by atoms with Gasteiger partial charge in [-0.25, -0.2) is 4.98 Å². The number of hydrogen-bond donors (Lipinski definition) is 1. The summed E-state index contributed by atoms with van der Waals surface area (Å²) in [5.41, 5.74) is 0. The summed E-state index contributed by atoms with van der Waals surface area (Å²) >= 11 is 6.01. The van der Waals surface area contributed by atoms with Crippen molar-refractivity contribution in [1.82, 2.24) is 9.97 Å². The zero-order chi connectivity index (χ0) is 12.7. The third-order valence-corrected chi connectivity index (χ3v) is 2.48. The number of nitrogens with one attached hydrogen (secondary N) is 1. The molecule has 1 N–H and O–H groups in total. The van der Waals surface area contributed by atoms with Gasteiger partial charge in [0.05, 0.1) is 19.1 Å². The third kappa shape index (κ3) is 5.19. The third-order valence-electron chi connectivity index (χ3n) is 2.13. The van der Waals surface area contributed by atoms with Crippen LogP contribution in [0.2, 0.25) is 0 Å². The van der Waals surface area contributed by atoms with Crippen LogP contribution in [0.3, 0.4) is 0 Å². The minimum absolute atomic E-state index is 0.0114. The summed E-state index contributed by atoms with van der Waals surface area (Å²) in [5.74, 6) is 1.97. The maximum atomic E-state index is 6.01. The second-order valence-corrected chi connectivity index (χ2v) is 4.23. The monoisotopic (exact) mass is 259 g/mol. The summed E-state index contributed by atoms with van der Waals surface area (Å²) < 4.78 is 10.0. The minimum atomic E-state index is 0.0114. The van der Waals surface area contributed by atoms with Gasteiger partial charge in [0.15, 0.2) is 0 Å². The van der Waals surface area contributed by atoms with E-state index in [9.17, 15) is 0 Å². The molecule has 0 aliphatic heterocycles. The van der Waals surface area contributed by atoms with Gasteiger partial charge in [-0.1, -0.05) is 0 Å². The predicted octanol–water partition coefficient (Wildman–Crippen LogP) is 1.85. The van der Waals surface area contributed by atoms with Crippen molar-refractivity contribution >= 4 is 17.4 Å². The summed E-state index contributed by atoms with van der Waals surface area (Å²) in [6, 6.07) is 1.76. The lowest BCUT2D eigenvalue weighted by molar-refractivity contribution is 0.196. The van der Waals surface area contributed by atoms with Gasteiger partial charge in [-0.3, -0.25) is 0 Å². The van der Waals surface area contributed by atoms with Gasteiger partial charge in [0.25, 0.3) is 0 Å². The molecule has 0 bridgehead atoms. The zero-order valence-electron chi connectivity index (χ0n) is 10.4. The largest absolute Gasteiger partial charge is 0.481 e. The Morgan fingerprint density at radius 3 is 2.82 bits per heavy atom. The molecule has 0 aliphatic carbocycles. The van der Waals surface area contributed by atoms with Crippen LogP contribution in [0.4, 0.5) is 5.82 Å². The van der Waals surface area contributed by atoms with Crippen molar-refractivity contribution in [3.05, 3.63) is 11.9 Å². The number of ether oxygens (including phenoxy) is 2. The highest BCUT2D eigenvalue weighted by molar-refractivity contribution is 6.20. The van der Waals surface area contributed by atoms with Crippen LogP contribution >= 0.6 is 11.6 Å². The van der Waals surface area contributed by atoms with Crippen LogP contribution < -0.4 is 10.1 Å². The number of aryl methyl sites for hydroxylation is 1. The van der Waals surface area contributed by atoms with Crippen molar-refractivity contribution < 1.29 is 9.47 Å².